The summed E-state index contributed by atoms with van der Waals surface area (Å²) in [5.74, 6) is -1.15. The first-order valence-corrected chi connectivity index (χ1v) is 8.87. The number of carbonyl (C=O) groups excluding carboxylic acids is 2. The summed E-state index contributed by atoms with van der Waals surface area (Å²) in [5.41, 5.74) is 0.689. The lowest BCUT2D eigenvalue weighted by molar-refractivity contribution is -0.119. The molecule has 1 amide bonds. The van der Waals surface area contributed by atoms with Crippen molar-refractivity contribution >= 4 is 28.7 Å². The van der Waals surface area contributed by atoms with Crippen LogP contribution < -0.4 is 10.9 Å². The number of nitrogens with one attached hydrogen (secondary N) is 1. The molecule has 0 aliphatic rings. The third kappa shape index (κ3) is 3.64. The van der Waals surface area contributed by atoms with Gasteiger partial charge in [0.15, 0.2) is 0 Å². The molecule has 9 nitrogen and oxygen atoms in total. The minimum absolute atomic E-state index is 0.0850. The van der Waals surface area contributed by atoms with Crippen LogP contribution in [0.2, 0.25) is 0 Å². The first kappa shape index (κ1) is 19.3. The molecule has 0 bridgehead atoms. The fourth-order valence-electron chi connectivity index (χ4n) is 2.88. The normalized spacial score (nSPS) is 12.0. The van der Waals surface area contributed by atoms with E-state index in [1.165, 1.54) is 10.9 Å². The predicted molar refractivity (Wildman–Crippen MR) is 101 cm³/mol. The molecule has 3 aromatic rings. The molecule has 3 rings (SSSR count). The molecule has 0 saturated carbocycles. The van der Waals surface area contributed by atoms with E-state index in [4.69, 9.17) is 9.26 Å². The third-order valence-corrected chi connectivity index (χ3v) is 4.20. The zero-order valence-electron chi connectivity index (χ0n) is 15.8. The van der Waals surface area contributed by atoms with Crippen molar-refractivity contribution in [2.24, 2.45) is 0 Å². The number of hydrogen-bond acceptors (Lipinski definition) is 7. The van der Waals surface area contributed by atoms with Gasteiger partial charge < -0.3 is 14.6 Å². The van der Waals surface area contributed by atoms with Crippen LogP contribution in [-0.4, -0.2) is 33.2 Å². The van der Waals surface area contributed by atoms with E-state index in [9.17, 15) is 14.4 Å². The highest BCUT2D eigenvalue weighted by molar-refractivity contribution is 6.00. The minimum Gasteiger partial charge on any atom is -0.461 e. The molecule has 2 heterocycles. The lowest BCUT2D eigenvalue weighted by Crippen LogP contribution is -2.33. The van der Waals surface area contributed by atoms with E-state index < -0.39 is 17.6 Å². The van der Waals surface area contributed by atoms with Crippen molar-refractivity contribution in [3.8, 4) is 0 Å². The van der Waals surface area contributed by atoms with Crippen molar-refractivity contribution in [1.82, 2.24) is 14.7 Å². The summed E-state index contributed by atoms with van der Waals surface area (Å²) in [5, 5.41) is 6.29. The first-order chi connectivity index (χ1) is 13.5. The van der Waals surface area contributed by atoms with Crippen LogP contribution in [0.4, 0.5) is 5.69 Å². The van der Waals surface area contributed by atoms with Crippen molar-refractivity contribution < 1.29 is 18.8 Å². The van der Waals surface area contributed by atoms with Crippen molar-refractivity contribution in [3.05, 3.63) is 52.2 Å². The number of anilines is 1. The second-order valence-electron chi connectivity index (χ2n) is 6.17. The number of esters is 1. The van der Waals surface area contributed by atoms with Gasteiger partial charge in [0.1, 0.15) is 17.8 Å². The summed E-state index contributed by atoms with van der Waals surface area (Å²) >= 11 is 0. The summed E-state index contributed by atoms with van der Waals surface area (Å²) in [7, 11) is 0. The Morgan fingerprint density at radius 3 is 2.79 bits per heavy atom. The lowest BCUT2D eigenvalue weighted by Gasteiger charge is -2.17. The van der Waals surface area contributed by atoms with Gasteiger partial charge in [-0.3, -0.25) is 14.2 Å². The molecule has 1 unspecified atom stereocenters. The van der Waals surface area contributed by atoms with Gasteiger partial charge in [0.2, 0.25) is 11.6 Å². The standard InChI is InChI=1S/C19H20N4O5/c1-4-13(16(24)21-12-8-6-7-11(3)9-12)23-10-20-17-14(18(23)25)15(22-28-17)19(26)27-5-2/h6-10,13H,4-5H2,1-3H3,(H,21,24). The van der Waals surface area contributed by atoms with Gasteiger partial charge in [0.25, 0.3) is 11.3 Å². The van der Waals surface area contributed by atoms with E-state index in [0.29, 0.717) is 12.1 Å². The van der Waals surface area contributed by atoms with E-state index in [1.807, 2.05) is 25.1 Å². The van der Waals surface area contributed by atoms with Crippen molar-refractivity contribution in [1.29, 1.82) is 0 Å². The molecule has 0 aliphatic heterocycles. The molecule has 0 aliphatic carbocycles. The van der Waals surface area contributed by atoms with Crippen LogP contribution in [0.5, 0.6) is 0 Å². The fraction of sp³-hybridized carbons (Fsp3) is 0.316. The van der Waals surface area contributed by atoms with Crippen LogP contribution in [0.3, 0.4) is 0 Å². The van der Waals surface area contributed by atoms with Crippen molar-refractivity contribution in [3.63, 3.8) is 0 Å². The molecule has 28 heavy (non-hydrogen) atoms. The second kappa shape index (κ2) is 8.03. The Labute approximate surface area is 160 Å². The molecule has 0 spiro atoms. The Morgan fingerprint density at radius 1 is 1.32 bits per heavy atom. The van der Waals surface area contributed by atoms with E-state index >= 15 is 0 Å². The number of hydrogen-bond donors (Lipinski definition) is 1. The predicted octanol–water partition coefficient (Wildman–Crippen LogP) is 2.46. The summed E-state index contributed by atoms with van der Waals surface area (Å²) in [6, 6.07) is 6.51. The average molecular weight is 384 g/mol. The van der Waals surface area contributed by atoms with Crippen molar-refractivity contribution in [2.75, 3.05) is 11.9 Å². The minimum atomic E-state index is -0.824. The quantitative estimate of drug-likeness (QED) is 0.649. The van der Waals surface area contributed by atoms with Gasteiger partial charge in [-0.05, 0) is 38.0 Å². The highest BCUT2D eigenvalue weighted by Crippen LogP contribution is 2.18. The molecule has 9 heteroatoms. The van der Waals surface area contributed by atoms with Gasteiger partial charge in [-0.1, -0.05) is 24.2 Å². The molecular weight excluding hydrogens is 364 g/mol. The van der Waals surface area contributed by atoms with Gasteiger partial charge in [-0.25, -0.2) is 9.78 Å². The topological polar surface area (TPSA) is 116 Å². The summed E-state index contributed by atoms with van der Waals surface area (Å²) in [6.07, 6.45) is 1.56. The third-order valence-electron chi connectivity index (χ3n) is 4.20. The number of nitrogens with zero attached hydrogens (tertiary/aromatic N) is 3. The molecule has 1 aromatic carbocycles. The zero-order valence-corrected chi connectivity index (χ0v) is 15.8. The second-order valence-corrected chi connectivity index (χ2v) is 6.17. The number of carbonyl (C=O) groups is 2. The number of benzene rings is 1. The number of rotatable bonds is 6. The first-order valence-electron chi connectivity index (χ1n) is 8.87. The number of aromatic nitrogens is 3. The van der Waals surface area contributed by atoms with Crippen LogP contribution in [0.1, 0.15) is 42.4 Å². The molecule has 146 valence electrons. The highest BCUT2D eigenvalue weighted by Gasteiger charge is 2.26. The monoisotopic (exact) mass is 384 g/mol. The van der Waals surface area contributed by atoms with E-state index in [2.05, 4.69) is 15.5 Å². The molecule has 0 saturated heterocycles. The Morgan fingerprint density at radius 2 is 2.11 bits per heavy atom. The van der Waals surface area contributed by atoms with Gasteiger partial charge in [-0.2, -0.15) is 0 Å². The largest absolute Gasteiger partial charge is 0.461 e. The van der Waals surface area contributed by atoms with Crippen LogP contribution >= 0.6 is 0 Å². The van der Waals surface area contributed by atoms with Gasteiger partial charge in [0, 0.05) is 5.69 Å². The van der Waals surface area contributed by atoms with Crippen LogP contribution in [0.15, 0.2) is 39.9 Å². The number of aryl methyl sites for hydroxylation is 1. The highest BCUT2D eigenvalue weighted by atomic mass is 16.5. The van der Waals surface area contributed by atoms with E-state index in [1.54, 1.807) is 19.9 Å². The van der Waals surface area contributed by atoms with Crippen LogP contribution in [0, 0.1) is 6.92 Å². The van der Waals surface area contributed by atoms with Crippen LogP contribution in [-0.2, 0) is 9.53 Å². The van der Waals surface area contributed by atoms with E-state index in [0.717, 1.165) is 5.56 Å². The summed E-state index contributed by atoms with van der Waals surface area (Å²) in [4.78, 5) is 41.8. The maximum atomic E-state index is 13.0. The Hall–Kier alpha value is -3.49. The zero-order chi connectivity index (χ0) is 20.3. The Balaban J connectivity index is 1.99. The van der Waals surface area contributed by atoms with Gasteiger partial charge >= 0.3 is 5.97 Å². The molecule has 1 atom stereocenters. The van der Waals surface area contributed by atoms with Gasteiger partial charge in [-0.15, -0.1) is 0 Å². The van der Waals surface area contributed by atoms with Crippen LogP contribution in [0.25, 0.3) is 11.1 Å². The number of ether oxygens (including phenoxy) is 1. The summed E-state index contributed by atoms with van der Waals surface area (Å²) in [6.45, 7) is 5.45. The maximum absolute atomic E-state index is 13.0. The Bertz CT molecular complexity index is 1090. The average Bonchev–Trinajstić information content (AvgIpc) is 3.09. The lowest BCUT2D eigenvalue weighted by atomic mass is 10.1. The number of amides is 1. The fourth-order valence-corrected chi connectivity index (χ4v) is 2.88. The molecule has 0 radical (unpaired) electrons. The summed E-state index contributed by atoms with van der Waals surface area (Å²) < 4.78 is 11.0. The molecular formula is C19H20N4O5. The number of fused-ring (bicyclic) bond motifs is 1. The van der Waals surface area contributed by atoms with Gasteiger partial charge in [0.05, 0.1) is 6.61 Å². The van der Waals surface area contributed by atoms with E-state index in [-0.39, 0.29) is 29.3 Å². The SMILES string of the molecule is CCOC(=O)c1noc2ncn(C(CC)C(=O)Nc3cccc(C)c3)c(=O)c12. The molecule has 0 fully saturated rings. The molecule has 2 aromatic heterocycles. The van der Waals surface area contributed by atoms with Crippen molar-refractivity contribution in [2.45, 2.75) is 33.2 Å². The maximum Gasteiger partial charge on any atom is 0.361 e. The molecule has 1 N–H and O–H groups in total. The smallest absolute Gasteiger partial charge is 0.361 e. The Kier molecular flexibility index (Phi) is 5.53.